The van der Waals surface area contributed by atoms with Gasteiger partial charge in [-0.05, 0) is 75.1 Å². The third-order valence-electron chi connectivity index (χ3n) is 4.94. The van der Waals surface area contributed by atoms with Gasteiger partial charge in [0.1, 0.15) is 6.04 Å². The Bertz CT molecular complexity index is 1040. The van der Waals surface area contributed by atoms with Crippen molar-refractivity contribution in [1.82, 2.24) is 5.32 Å². The molecular formula is C21H26Cl2N2O3S. The zero-order valence-corrected chi connectivity index (χ0v) is 19.7. The molecule has 1 N–H and O–H groups in total. The Hall–Kier alpha value is -1.76. The van der Waals surface area contributed by atoms with Crippen LogP contribution in [0.1, 0.15) is 42.1 Å². The van der Waals surface area contributed by atoms with Crippen molar-refractivity contribution in [3.63, 3.8) is 0 Å². The summed E-state index contributed by atoms with van der Waals surface area (Å²) in [5.41, 5.74) is 4.52. The van der Waals surface area contributed by atoms with Gasteiger partial charge in [-0.3, -0.25) is 9.10 Å². The molecule has 2 aromatic carbocycles. The summed E-state index contributed by atoms with van der Waals surface area (Å²) in [6.45, 7) is 9.44. The Labute approximate surface area is 183 Å². The van der Waals surface area contributed by atoms with Crippen molar-refractivity contribution in [3.8, 4) is 0 Å². The van der Waals surface area contributed by atoms with E-state index in [2.05, 4.69) is 11.4 Å². The highest BCUT2D eigenvalue weighted by molar-refractivity contribution is 7.92. The second-order valence-corrected chi connectivity index (χ2v) is 10.1. The predicted molar refractivity (Wildman–Crippen MR) is 120 cm³/mol. The summed E-state index contributed by atoms with van der Waals surface area (Å²) in [6, 6.07) is 7.31. The largest absolute Gasteiger partial charge is 0.348 e. The summed E-state index contributed by atoms with van der Waals surface area (Å²) in [6.07, 6.45) is 1.03. The number of nitrogens with one attached hydrogen (secondary N) is 1. The molecule has 2 atom stereocenters. The zero-order valence-electron chi connectivity index (χ0n) is 17.4. The first kappa shape index (κ1) is 23.5. The van der Waals surface area contributed by atoms with Crippen LogP contribution in [0.15, 0.2) is 30.3 Å². The van der Waals surface area contributed by atoms with Crippen LogP contribution in [0.4, 0.5) is 5.69 Å². The molecule has 0 fully saturated rings. The van der Waals surface area contributed by atoms with E-state index in [1.165, 1.54) is 24.6 Å². The van der Waals surface area contributed by atoms with E-state index in [1.807, 2.05) is 33.8 Å². The van der Waals surface area contributed by atoms with Gasteiger partial charge in [-0.25, -0.2) is 8.42 Å². The summed E-state index contributed by atoms with van der Waals surface area (Å²) < 4.78 is 26.0. The van der Waals surface area contributed by atoms with Crippen molar-refractivity contribution in [3.05, 3.63) is 62.6 Å². The molecule has 0 radical (unpaired) electrons. The summed E-state index contributed by atoms with van der Waals surface area (Å²) in [4.78, 5) is 13.0. The maximum Gasteiger partial charge on any atom is 0.244 e. The van der Waals surface area contributed by atoms with E-state index >= 15 is 0 Å². The average molecular weight is 457 g/mol. The number of carbonyl (C=O) groups excluding carboxylic acids is 1. The number of nitrogens with zero attached hydrogens (tertiary/aromatic N) is 1. The van der Waals surface area contributed by atoms with Crippen LogP contribution in [0.25, 0.3) is 0 Å². The molecule has 158 valence electrons. The van der Waals surface area contributed by atoms with Gasteiger partial charge in [-0.15, -0.1) is 0 Å². The van der Waals surface area contributed by atoms with Crippen molar-refractivity contribution in [2.75, 3.05) is 10.6 Å². The lowest BCUT2D eigenvalue weighted by molar-refractivity contribution is -0.122. The summed E-state index contributed by atoms with van der Waals surface area (Å²) in [7, 11) is -3.79. The number of aryl methyl sites for hydroxylation is 3. The zero-order chi connectivity index (χ0) is 22.1. The van der Waals surface area contributed by atoms with Gasteiger partial charge in [0, 0.05) is 5.02 Å². The lowest BCUT2D eigenvalue weighted by Gasteiger charge is -2.30. The van der Waals surface area contributed by atoms with Gasteiger partial charge in [0.25, 0.3) is 0 Å². The van der Waals surface area contributed by atoms with Crippen molar-refractivity contribution in [2.45, 2.75) is 46.7 Å². The van der Waals surface area contributed by atoms with Gasteiger partial charge in [0.05, 0.1) is 23.0 Å². The van der Waals surface area contributed by atoms with E-state index < -0.39 is 22.0 Å². The Morgan fingerprint density at radius 2 is 1.59 bits per heavy atom. The van der Waals surface area contributed by atoms with Crippen molar-refractivity contribution in [1.29, 1.82) is 0 Å². The van der Waals surface area contributed by atoms with Gasteiger partial charge in [-0.1, -0.05) is 35.3 Å². The summed E-state index contributed by atoms with van der Waals surface area (Å²) >= 11 is 12.2. The van der Waals surface area contributed by atoms with Crippen LogP contribution < -0.4 is 9.62 Å². The van der Waals surface area contributed by atoms with E-state index in [9.17, 15) is 13.2 Å². The van der Waals surface area contributed by atoms with Crippen LogP contribution in [-0.2, 0) is 14.8 Å². The van der Waals surface area contributed by atoms with Crippen LogP contribution in [0.3, 0.4) is 0 Å². The SMILES string of the molecule is Cc1cc(C)c(C(C)NC(=O)C(C)N(c2cc(Cl)ccc2Cl)S(C)(=O)=O)cc1C. The monoisotopic (exact) mass is 456 g/mol. The first-order valence-corrected chi connectivity index (χ1v) is 11.8. The molecule has 2 aromatic rings. The Kier molecular flexibility index (Phi) is 7.25. The molecule has 29 heavy (non-hydrogen) atoms. The van der Waals surface area contributed by atoms with Gasteiger partial charge in [0.15, 0.2) is 0 Å². The molecule has 0 aliphatic rings. The summed E-state index contributed by atoms with van der Waals surface area (Å²) in [5.74, 6) is -0.434. The number of benzene rings is 2. The van der Waals surface area contributed by atoms with Crippen molar-refractivity contribution >= 4 is 44.8 Å². The molecule has 0 saturated carbocycles. The fourth-order valence-corrected chi connectivity index (χ4v) is 4.90. The maximum absolute atomic E-state index is 13.0. The molecule has 5 nitrogen and oxygen atoms in total. The van der Waals surface area contributed by atoms with Crippen LogP contribution in [0.5, 0.6) is 0 Å². The minimum Gasteiger partial charge on any atom is -0.348 e. The van der Waals surface area contributed by atoms with Crippen LogP contribution in [0, 0.1) is 20.8 Å². The number of halogens is 2. The molecule has 0 bridgehead atoms. The minimum absolute atomic E-state index is 0.166. The Morgan fingerprint density at radius 3 is 2.17 bits per heavy atom. The van der Waals surface area contributed by atoms with Gasteiger partial charge >= 0.3 is 0 Å². The molecule has 0 heterocycles. The standard InChI is InChI=1S/C21H26Cl2N2O3S/c1-12-9-14(3)18(10-13(12)2)15(4)24-21(26)16(5)25(29(6,27)28)20-11-17(22)7-8-19(20)23/h7-11,15-16H,1-6H3,(H,24,26). The quantitative estimate of drug-likeness (QED) is 0.668. The number of hydrogen-bond acceptors (Lipinski definition) is 3. The highest BCUT2D eigenvalue weighted by atomic mass is 35.5. The second-order valence-electron chi connectivity index (χ2n) is 7.35. The number of amides is 1. The fourth-order valence-electron chi connectivity index (χ4n) is 3.30. The lowest BCUT2D eigenvalue weighted by Crippen LogP contribution is -2.48. The van der Waals surface area contributed by atoms with E-state index in [0.29, 0.717) is 5.02 Å². The van der Waals surface area contributed by atoms with Crippen LogP contribution in [-0.4, -0.2) is 26.6 Å². The third kappa shape index (κ3) is 5.44. The minimum atomic E-state index is -3.79. The Balaban J connectivity index is 2.35. The van der Waals surface area contributed by atoms with Gasteiger partial charge in [0.2, 0.25) is 15.9 Å². The number of rotatable bonds is 6. The topological polar surface area (TPSA) is 66.5 Å². The molecule has 2 rings (SSSR count). The van der Waals surface area contributed by atoms with Gasteiger partial charge in [-0.2, -0.15) is 0 Å². The average Bonchev–Trinajstić information content (AvgIpc) is 2.59. The van der Waals surface area contributed by atoms with Gasteiger partial charge < -0.3 is 5.32 Å². The Morgan fingerprint density at radius 1 is 1.00 bits per heavy atom. The highest BCUT2D eigenvalue weighted by Gasteiger charge is 2.31. The normalized spacial score (nSPS) is 13.7. The van der Waals surface area contributed by atoms with Crippen molar-refractivity contribution < 1.29 is 13.2 Å². The number of carbonyl (C=O) groups is 1. The first-order valence-electron chi connectivity index (χ1n) is 9.15. The molecule has 1 amide bonds. The second kappa shape index (κ2) is 8.94. The molecule has 0 saturated heterocycles. The third-order valence-corrected chi connectivity index (χ3v) is 6.72. The lowest BCUT2D eigenvalue weighted by atomic mass is 9.96. The first-order chi connectivity index (χ1) is 13.3. The molecule has 0 aliphatic heterocycles. The highest BCUT2D eigenvalue weighted by Crippen LogP contribution is 2.32. The predicted octanol–water partition coefficient (Wildman–Crippen LogP) is 4.95. The molecule has 8 heteroatoms. The molecule has 0 spiro atoms. The molecular weight excluding hydrogens is 431 g/mol. The molecule has 0 aromatic heterocycles. The number of sulfonamides is 1. The van der Waals surface area contributed by atoms with E-state index in [-0.39, 0.29) is 16.8 Å². The molecule has 2 unspecified atom stereocenters. The van der Waals surface area contributed by atoms with E-state index in [1.54, 1.807) is 6.07 Å². The number of hydrogen-bond donors (Lipinski definition) is 1. The van der Waals surface area contributed by atoms with Crippen LogP contribution in [0.2, 0.25) is 10.0 Å². The molecule has 0 aliphatic carbocycles. The number of anilines is 1. The van der Waals surface area contributed by atoms with Crippen LogP contribution >= 0.6 is 23.2 Å². The maximum atomic E-state index is 13.0. The van der Waals surface area contributed by atoms with Crippen molar-refractivity contribution in [2.24, 2.45) is 0 Å². The summed E-state index contributed by atoms with van der Waals surface area (Å²) in [5, 5.41) is 3.43. The smallest absolute Gasteiger partial charge is 0.244 e. The van der Waals surface area contributed by atoms with E-state index in [0.717, 1.165) is 27.3 Å². The fraction of sp³-hybridized carbons (Fsp3) is 0.381. The van der Waals surface area contributed by atoms with E-state index in [4.69, 9.17) is 23.2 Å².